The van der Waals surface area contributed by atoms with Gasteiger partial charge < -0.3 is 0 Å². The van der Waals surface area contributed by atoms with E-state index in [9.17, 15) is 19.7 Å². The van der Waals surface area contributed by atoms with Crippen LogP contribution in [-0.2, 0) is 19.4 Å². The van der Waals surface area contributed by atoms with Crippen LogP contribution in [-0.4, -0.2) is 31.0 Å². The van der Waals surface area contributed by atoms with Crippen molar-refractivity contribution in [3.8, 4) is 0 Å². The molecule has 8 nitrogen and oxygen atoms in total. The average molecular weight is 422 g/mol. The van der Waals surface area contributed by atoms with Crippen LogP contribution in [0.1, 0.15) is 33.6 Å². The van der Waals surface area contributed by atoms with E-state index in [1.807, 2.05) is 12.1 Å². The lowest BCUT2D eigenvalue weighted by molar-refractivity contribution is -0.384. The summed E-state index contributed by atoms with van der Waals surface area (Å²) >= 11 is 1.25. The molecule has 0 spiro atoms. The van der Waals surface area contributed by atoms with Crippen molar-refractivity contribution in [2.45, 2.75) is 30.8 Å². The summed E-state index contributed by atoms with van der Waals surface area (Å²) < 4.78 is 1.70. The summed E-state index contributed by atoms with van der Waals surface area (Å²) in [6.45, 7) is 0.425. The number of pyridine rings is 1. The maximum absolute atomic E-state index is 12.7. The second kappa shape index (κ2) is 8.58. The van der Waals surface area contributed by atoms with Crippen molar-refractivity contribution in [3.63, 3.8) is 0 Å². The first-order chi connectivity index (χ1) is 14.5. The summed E-state index contributed by atoms with van der Waals surface area (Å²) in [5.41, 5.74) is 2.95. The highest BCUT2D eigenvalue weighted by atomic mass is 32.2. The van der Waals surface area contributed by atoms with Gasteiger partial charge in [0, 0.05) is 41.3 Å². The lowest BCUT2D eigenvalue weighted by Gasteiger charge is -2.14. The number of hydrogen-bond donors (Lipinski definition) is 0. The molecule has 9 heteroatoms. The fourth-order valence-corrected chi connectivity index (χ4v) is 4.50. The Labute approximate surface area is 176 Å². The summed E-state index contributed by atoms with van der Waals surface area (Å²) in [5.74, 6) is -0.0495. The Morgan fingerprint density at radius 3 is 2.70 bits per heavy atom. The topological polar surface area (TPSA) is 108 Å². The van der Waals surface area contributed by atoms with E-state index >= 15 is 0 Å². The lowest BCUT2D eigenvalue weighted by atomic mass is 10.1. The molecule has 0 atom stereocenters. The second-order valence-electron chi connectivity index (χ2n) is 6.94. The molecular weight excluding hydrogens is 404 g/mol. The number of benzene rings is 1. The number of non-ortho nitro benzene ring substituents is 1. The van der Waals surface area contributed by atoms with Gasteiger partial charge >= 0.3 is 5.69 Å². The van der Waals surface area contributed by atoms with Crippen molar-refractivity contribution in [2.24, 2.45) is 0 Å². The minimum absolute atomic E-state index is 0.0593. The Morgan fingerprint density at radius 2 is 2.00 bits per heavy atom. The van der Waals surface area contributed by atoms with Gasteiger partial charge in [-0.1, -0.05) is 17.8 Å². The third-order valence-electron chi connectivity index (χ3n) is 5.00. The van der Waals surface area contributed by atoms with Gasteiger partial charge in [0.1, 0.15) is 5.03 Å². The number of rotatable bonds is 7. The van der Waals surface area contributed by atoms with Crippen LogP contribution < -0.4 is 5.69 Å². The maximum atomic E-state index is 12.7. The summed E-state index contributed by atoms with van der Waals surface area (Å²) in [4.78, 5) is 43.8. The van der Waals surface area contributed by atoms with Gasteiger partial charge in [-0.2, -0.15) is 4.98 Å². The predicted molar refractivity (Wildman–Crippen MR) is 112 cm³/mol. The Bertz CT molecular complexity index is 1160. The molecule has 1 aromatic carbocycles. The molecule has 1 aliphatic carbocycles. The molecule has 4 rings (SSSR count). The number of carbonyl (C=O) groups is 1. The monoisotopic (exact) mass is 422 g/mol. The van der Waals surface area contributed by atoms with Crippen LogP contribution in [0.4, 0.5) is 5.69 Å². The summed E-state index contributed by atoms with van der Waals surface area (Å²) in [5, 5.41) is 11.4. The molecule has 2 heterocycles. The molecule has 0 amide bonds. The van der Waals surface area contributed by atoms with Crippen molar-refractivity contribution in [3.05, 3.63) is 91.8 Å². The number of nitro groups is 1. The Morgan fingerprint density at radius 1 is 1.20 bits per heavy atom. The van der Waals surface area contributed by atoms with Crippen LogP contribution in [0.25, 0.3) is 0 Å². The first-order valence-electron chi connectivity index (χ1n) is 9.45. The van der Waals surface area contributed by atoms with Gasteiger partial charge in [-0.15, -0.1) is 0 Å². The third kappa shape index (κ3) is 4.16. The van der Waals surface area contributed by atoms with E-state index in [2.05, 4.69) is 9.97 Å². The molecule has 3 aromatic rings. The maximum Gasteiger partial charge on any atom is 0.349 e. The van der Waals surface area contributed by atoms with Crippen molar-refractivity contribution >= 4 is 23.2 Å². The Hall–Kier alpha value is -3.33. The van der Waals surface area contributed by atoms with E-state index in [1.54, 1.807) is 17.0 Å². The van der Waals surface area contributed by atoms with Crippen molar-refractivity contribution in [1.82, 2.24) is 14.5 Å². The summed E-state index contributed by atoms with van der Waals surface area (Å²) in [7, 11) is 0. The zero-order valence-corrected chi connectivity index (χ0v) is 16.8. The number of fused-ring (bicyclic) bond motifs is 1. The molecule has 152 valence electrons. The fourth-order valence-electron chi connectivity index (χ4n) is 3.53. The number of aromatic nitrogens is 3. The molecular formula is C21H18N4O4S. The number of carbonyl (C=O) groups excluding carboxylic acids is 1. The molecule has 0 bridgehead atoms. The molecule has 0 fully saturated rings. The van der Waals surface area contributed by atoms with Gasteiger partial charge in [0.2, 0.25) is 0 Å². The largest absolute Gasteiger partial charge is 0.349 e. The van der Waals surface area contributed by atoms with Gasteiger partial charge in [-0.25, -0.2) is 4.79 Å². The highest BCUT2D eigenvalue weighted by molar-refractivity contribution is 8.00. The zero-order chi connectivity index (χ0) is 21.1. The minimum atomic E-state index is -0.503. The van der Waals surface area contributed by atoms with Crippen molar-refractivity contribution in [2.75, 3.05) is 5.75 Å². The molecule has 0 saturated carbocycles. The smallest absolute Gasteiger partial charge is 0.293 e. The zero-order valence-electron chi connectivity index (χ0n) is 16.0. The molecule has 0 saturated heterocycles. The van der Waals surface area contributed by atoms with E-state index in [0.29, 0.717) is 17.1 Å². The van der Waals surface area contributed by atoms with Crippen LogP contribution in [0, 0.1) is 10.1 Å². The van der Waals surface area contributed by atoms with Crippen LogP contribution in [0.5, 0.6) is 0 Å². The van der Waals surface area contributed by atoms with Crippen LogP contribution in [0.2, 0.25) is 0 Å². The van der Waals surface area contributed by atoms with E-state index in [0.717, 1.165) is 36.1 Å². The normalized spacial score (nSPS) is 12.5. The van der Waals surface area contributed by atoms with Gasteiger partial charge in [0.05, 0.1) is 17.2 Å². The fraction of sp³-hybridized carbons (Fsp3) is 0.238. The highest BCUT2D eigenvalue weighted by Gasteiger charge is 2.23. The average Bonchev–Trinajstić information content (AvgIpc) is 3.25. The molecule has 30 heavy (non-hydrogen) atoms. The summed E-state index contributed by atoms with van der Waals surface area (Å²) in [6, 6.07) is 9.28. The minimum Gasteiger partial charge on any atom is -0.293 e. The number of ketones is 1. The van der Waals surface area contributed by atoms with E-state index in [-0.39, 0.29) is 22.9 Å². The van der Waals surface area contributed by atoms with E-state index in [1.165, 1.54) is 36.0 Å². The quantitative estimate of drug-likeness (QED) is 0.189. The van der Waals surface area contributed by atoms with Gasteiger partial charge in [0.15, 0.2) is 5.78 Å². The second-order valence-corrected chi connectivity index (χ2v) is 7.91. The molecule has 0 aliphatic heterocycles. The van der Waals surface area contributed by atoms with Crippen LogP contribution in [0.3, 0.4) is 0 Å². The van der Waals surface area contributed by atoms with Crippen molar-refractivity contribution < 1.29 is 9.72 Å². The highest BCUT2D eigenvalue weighted by Crippen LogP contribution is 2.30. The molecule has 2 aromatic heterocycles. The number of nitrogens with zero attached hydrogens (tertiary/aromatic N) is 4. The molecule has 0 radical (unpaired) electrons. The van der Waals surface area contributed by atoms with Gasteiger partial charge in [-0.05, 0) is 43.0 Å². The SMILES string of the molecule is O=C(CSc1nc(=O)n(Cc2cccnc2)c2c1CCC2)c1ccc([N+](=O)[O-])cc1. The summed E-state index contributed by atoms with van der Waals surface area (Å²) in [6.07, 6.45) is 5.99. The number of nitro benzene ring substituents is 1. The molecule has 1 aliphatic rings. The van der Waals surface area contributed by atoms with Crippen molar-refractivity contribution in [1.29, 1.82) is 0 Å². The van der Waals surface area contributed by atoms with Crippen LogP contribution in [0.15, 0.2) is 58.6 Å². The first kappa shape index (κ1) is 20.0. The third-order valence-corrected chi connectivity index (χ3v) is 6.02. The number of Topliss-reactive ketones (excluding diaryl/α,β-unsaturated/α-hetero) is 1. The first-order valence-corrected chi connectivity index (χ1v) is 10.4. The van der Waals surface area contributed by atoms with E-state index < -0.39 is 4.92 Å². The molecule has 0 unspecified atom stereocenters. The van der Waals surface area contributed by atoms with Gasteiger partial charge in [0.25, 0.3) is 5.69 Å². The Balaban J connectivity index is 1.53. The number of hydrogen-bond acceptors (Lipinski definition) is 7. The standard InChI is InChI=1S/C21H18N4O4S/c26-19(15-6-8-16(9-7-15)25(28)29)13-30-20-17-4-1-5-18(17)24(21(27)23-20)12-14-3-2-10-22-11-14/h2-3,6-11H,1,4-5,12-13H2. The van der Waals surface area contributed by atoms with Crippen LogP contribution >= 0.6 is 11.8 Å². The Kier molecular flexibility index (Phi) is 5.71. The molecule has 0 N–H and O–H groups in total. The van der Waals surface area contributed by atoms with Gasteiger partial charge in [-0.3, -0.25) is 24.5 Å². The lowest BCUT2D eigenvalue weighted by Crippen LogP contribution is -2.28. The van der Waals surface area contributed by atoms with E-state index in [4.69, 9.17) is 0 Å². The number of thioether (sulfide) groups is 1. The predicted octanol–water partition coefficient (Wildman–Crippen LogP) is 3.06.